The smallest absolute Gasteiger partial charge is 0.335 e. The summed E-state index contributed by atoms with van der Waals surface area (Å²) in [7, 11) is 0. The van der Waals surface area contributed by atoms with Crippen molar-refractivity contribution in [2.45, 2.75) is 39.0 Å². The molecule has 0 saturated carbocycles. The molecule has 0 radical (unpaired) electrons. The zero-order valence-corrected chi connectivity index (χ0v) is 10.8. The maximum absolute atomic E-state index is 11.7. The van der Waals surface area contributed by atoms with Crippen LogP contribution in [0.2, 0.25) is 0 Å². The molecular weight excluding hydrogens is 252 g/mol. The van der Waals surface area contributed by atoms with Crippen molar-refractivity contribution in [1.82, 2.24) is 9.55 Å². The van der Waals surface area contributed by atoms with E-state index in [1.807, 2.05) is 0 Å². The summed E-state index contributed by atoms with van der Waals surface area (Å²) in [5.41, 5.74) is -0.533. The summed E-state index contributed by atoms with van der Waals surface area (Å²) >= 11 is 0. The van der Waals surface area contributed by atoms with Gasteiger partial charge in [-0.05, 0) is 26.7 Å². The second kappa shape index (κ2) is 5.40. The first-order valence-corrected chi connectivity index (χ1v) is 6.17. The Balaban J connectivity index is 2.17. The molecule has 0 aromatic carbocycles. The van der Waals surface area contributed by atoms with Gasteiger partial charge in [0, 0.05) is 11.8 Å². The van der Waals surface area contributed by atoms with Gasteiger partial charge in [-0.2, -0.15) is 0 Å². The molecule has 1 aliphatic heterocycles. The van der Waals surface area contributed by atoms with Crippen LogP contribution in [0.3, 0.4) is 0 Å². The third kappa shape index (κ3) is 2.76. The number of carbonyl (C=O) groups is 1. The van der Waals surface area contributed by atoms with Gasteiger partial charge in [-0.15, -0.1) is 0 Å². The number of carbonyl (C=O) groups excluding carboxylic acids is 1. The largest absolute Gasteiger partial charge is 0.464 e. The molecule has 1 aliphatic rings. The molecule has 7 nitrogen and oxygen atoms in total. The molecule has 7 heteroatoms. The fourth-order valence-electron chi connectivity index (χ4n) is 2.03. The molecule has 1 N–H and O–H groups in total. The number of hydrogen-bond acceptors (Lipinski definition) is 5. The Morgan fingerprint density at radius 1 is 1.53 bits per heavy atom. The lowest BCUT2D eigenvalue weighted by Gasteiger charge is -2.15. The van der Waals surface area contributed by atoms with Crippen molar-refractivity contribution >= 4 is 5.97 Å². The van der Waals surface area contributed by atoms with Crippen molar-refractivity contribution in [3.8, 4) is 0 Å². The van der Waals surface area contributed by atoms with Crippen LogP contribution in [-0.2, 0) is 14.3 Å². The molecule has 104 valence electrons. The molecule has 0 amide bonds. The fourth-order valence-corrected chi connectivity index (χ4v) is 2.03. The minimum atomic E-state index is -0.649. The Kier molecular flexibility index (Phi) is 3.84. The predicted octanol–water partition coefficient (Wildman–Crippen LogP) is 0.0857. The number of nitrogens with one attached hydrogen (secondary N) is 1. The highest BCUT2D eigenvalue weighted by Crippen LogP contribution is 2.27. The number of H-pyrrole nitrogens is 1. The number of ether oxygens (including phenoxy) is 2. The maximum atomic E-state index is 11.7. The fraction of sp³-hybridized carbons (Fsp3) is 0.583. The molecular formula is C12H16N2O5. The van der Waals surface area contributed by atoms with Crippen LogP contribution >= 0.6 is 0 Å². The Labute approximate surface area is 109 Å². The van der Waals surface area contributed by atoms with Crippen molar-refractivity contribution in [3.63, 3.8) is 0 Å². The van der Waals surface area contributed by atoms with Crippen LogP contribution < -0.4 is 11.2 Å². The van der Waals surface area contributed by atoms with Crippen LogP contribution in [0.4, 0.5) is 0 Å². The number of aromatic nitrogens is 2. The molecule has 1 fully saturated rings. The Morgan fingerprint density at radius 2 is 2.26 bits per heavy atom. The molecule has 2 heterocycles. The number of hydrogen-bond donors (Lipinski definition) is 1. The van der Waals surface area contributed by atoms with E-state index in [9.17, 15) is 14.4 Å². The molecule has 1 aromatic rings. The van der Waals surface area contributed by atoms with Gasteiger partial charge >= 0.3 is 11.7 Å². The third-order valence-corrected chi connectivity index (χ3v) is 3.00. The lowest BCUT2D eigenvalue weighted by molar-refractivity contribution is -0.157. The number of aryl methyl sites for hydroxylation is 1. The van der Waals surface area contributed by atoms with E-state index in [1.54, 1.807) is 13.8 Å². The van der Waals surface area contributed by atoms with E-state index in [0.29, 0.717) is 25.0 Å². The lowest BCUT2D eigenvalue weighted by Crippen LogP contribution is -2.34. The topological polar surface area (TPSA) is 90.4 Å². The lowest BCUT2D eigenvalue weighted by atomic mass is 10.2. The van der Waals surface area contributed by atoms with E-state index < -0.39 is 29.6 Å². The average Bonchev–Trinajstić information content (AvgIpc) is 2.83. The predicted molar refractivity (Wildman–Crippen MR) is 65.8 cm³/mol. The van der Waals surface area contributed by atoms with E-state index in [2.05, 4.69) is 4.98 Å². The van der Waals surface area contributed by atoms with Crippen LogP contribution in [0.5, 0.6) is 0 Å². The van der Waals surface area contributed by atoms with E-state index in [1.165, 1.54) is 10.8 Å². The SMILES string of the molecule is CCOC(=O)[C@@H]1CC[C@@H](n2cc(C)c(=O)[nH]c2=O)O1. The van der Waals surface area contributed by atoms with E-state index >= 15 is 0 Å². The molecule has 0 spiro atoms. The molecule has 19 heavy (non-hydrogen) atoms. The van der Waals surface area contributed by atoms with Crippen molar-refractivity contribution in [3.05, 3.63) is 32.6 Å². The average molecular weight is 268 g/mol. The van der Waals surface area contributed by atoms with Crippen LogP contribution in [0, 0.1) is 6.92 Å². The van der Waals surface area contributed by atoms with E-state index in [4.69, 9.17) is 9.47 Å². The number of aromatic amines is 1. The van der Waals surface area contributed by atoms with Crippen LogP contribution in [0.25, 0.3) is 0 Å². The molecule has 2 rings (SSSR count). The number of esters is 1. The molecule has 0 bridgehead atoms. The zero-order valence-electron chi connectivity index (χ0n) is 10.8. The summed E-state index contributed by atoms with van der Waals surface area (Å²) in [5, 5.41) is 0. The molecule has 0 unspecified atom stereocenters. The number of nitrogens with zero attached hydrogens (tertiary/aromatic N) is 1. The van der Waals surface area contributed by atoms with E-state index in [0.717, 1.165) is 0 Å². The monoisotopic (exact) mass is 268 g/mol. The number of rotatable bonds is 3. The third-order valence-electron chi connectivity index (χ3n) is 3.00. The summed E-state index contributed by atoms with van der Waals surface area (Å²) in [6.07, 6.45) is 1.27. The minimum Gasteiger partial charge on any atom is -0.464 e. The highest BCUT2D eigenvalue weighted by atomic mass is 16.6. The summed E-state index contributed by atoms with van der Waals surface area (Å²) in [5.74, 6) is -0.417. The minimum absolute atomic E-state index is 0.293. The van der Waals surface area contributed by atoms with Crippen molar-refractivity contribution in [2.24, 2.45) is 0 Å². The zero-order chi connectivity index (χ0) is 14.0. The van der Waals surface area contributed by atoms with Gasteiger partial charge in [0.1, 0.15) is 6.23 Å². The molecule has 1 aromatic heterocycles. The van der Waals surface area contributed by atoms with Gasteiger partial charge in [-0.3, -0.25) is 14.3 Å². The Hall–Kier alpha value is -1.89. The second-order valence-corrected chi connectivity index (χ2v) is 4.39. The summed E-state index contributed by atoms with van der Waals surface area (Å²) < 4.78 is 11.7. The summed E-state index contributed by atoms with van der Waals surface area (Å²) in [6, 6.07) is 0. The highest BCUT2D eigenvalue weighted by Gasteiger charge is 2.33. The molecule has 2 atom stereocenters. The van der Waals surface area contributed by atoms with Crippen LogP contribution in [0.1, 0.15) is 31.6 Å². The summed E-state index contributed by atoms with van der Waals surface area (Å²) in [6.45, 7) is 3.62. The van der Waals surface area contributed by atoms with Gasteiger partial charge in [0.05, 0.1) is 6.61 Å². The Morgan fingerprint density at radius 3 is 2.95 bits per heavy atom. The Bertz CT molecular complexity index is 589. The van der Waals surface area contributed by atoms with E-state index in [-0.39, 0.29) is 0 Å². The first-order chi connectivity index (χ1) is 9.02. The van der Waals surface area contributed by atoms with Gasteiger partial charge in [0.15, 0.2) is 6.10 Å². The molecule has 1 saturated heterocycles. The van der Waals surface area contributed by atoms with Crippen LogP contribution in [-0.4, -0.2) is 28.2 Å². The van der Waals surface area contributed by atoms with Gasteiger partial charge in [-0.1, -0.05) is 0 Å². The molecule has 0 aliphatic carbocycles. The van der Waals surface area contributed by atoms with Crippen LogP contribution in [0.15, 0.2) is 15.8 Å². The van der Waals surface area contributed by atoms with Gasteiger partial charge in [0.25, 0.3) is 5.56 Å². The van der Waals surface area contributed by atoms with Crippen molar-refractivity contribution in [2.75, 3.05) is 6.61 Å². The maximum Gasteiger partial charge on any atom is 0.335 e. The van der Waals surface area contributed by atoms with Gasteiger partial charge < -0.3 is 9.47 Å². The summed E-state index contributed by atoms with van der Waals surface area (Å²) in [4.78, 5) is 36.7. The van der Waals surface area contributed by atoms with Crippen molar-refractivity contribution in [1.29, 1.82) is 0 Å². The van der Waals surface area contributed by atoms with Gasteiger partial charge in [0.2, 0.25) is 0 Å². The highest BCUT2D eigenvalue weighted by molar-refractivity contribution is 5.74. The standard InChI is InChI=1S/C12H16N2O5/c1-3-18-11(16)8-4-5-9(19-8)14-6-7(2)10(15)13-12(14)17/h6,8-9H,3-5H2,1-2H3,(H,13,15,17)/t8-,9-/m0/s1. The quantitative estimate of drug-likeness (QED) is 0.784. The normalized spacial score (nSPS) is 22.4. The first-order valence-electron chi connectivity index (χ1n) is 6.17. The second-order valence-electron chi connectivity index (χ2n) is 4.39. The van der Waals surface area contributed by atoms with Crippen molar-refractivity contribution < 1.29 is 14.3 Å². The first kappa shape index (κ1) is 13.5. The van der Waals surface area contributed by atoms with Gasteiger partial charge in [-0.25, -0.2) is 9.59 Å².